The predicted molar refractivity (Wildman–Crippen MR) is 89.2 cm³/mol. The summed E-state index contributed by atoms with van der Waals surface area (Å²) in [6.45, 7) is 0.372. The zero-order valence-corrected chi connectivity index (χ0v) is 13.0. The van der Waals surface area contributed by atoms with Gasteiger partial charge in [0, 0.05) is 25.1 Å². The molecule has 1 atom stereocenters. The van der Waals surface area contributed by atoms with Crippen molar-refractivity contribution in [1.29, 1.82) is 0 Å². The van der Waals surface area contributed by atoms with Crippen LogP contribution in [0.4, 0.5) is 0 Å². The first-order valence-corrected chi connectivity index (χ1v) is 7.67. The predicted octanol–water partition coefficient (Wildman–Crippen LogP) is 2.01. The number of hydrogen-bond donors (Lipinski definition) is 2. The minimum atomic E-state index is -0.803. The number of aliphatic hydroxyl groups excluding tert-OH is 1. The van der Waals surface area contributed by atoms with Gasteiger partial charge in [-0.1, -0.05) is 30.3 Å². The molecule has 3 rings (SSSR count). The maximum atomic E-state index is 12.0. The fraction of sp³-hybridized carbons (Fsp3) is 0.167. The van der Waals surface area contributed by atoms with Crippen LogP contribution in [-0.4, -0.2) is 25.8 Å². The highest BCUT2D eigenvalue weighted by Crippen LogP contribution is 2.15. The summed E-state index contributed by atoms with van der Waals surface area (Å²) in [6, 6.07) is 14.7. The Morgan fingerprint density at radius 3 is 2.75 bits per heavy atom. The zero-order valence-electron chi connectivity index (χ0n) is 13.0. The third kappa shape index (κ3) is 4.05. The van der Waals surface area contributed by atoms with E-state index < -0.39 is 6.10 Å². The SMILES string of the molecule is O=C(CC(O)c1ccccc1)NCc1ccnc(-n2cccn2)c1. The third-order valence-corrected chi connectivity index (χ3v) is 3.60. The number of benzene rings is 1. The summed E-state index contributed by atoms with van der Waals surface area (Å²) >= 11 is 0. The van der Waals surface area contributed by atoms with Crippen molar-refractivity contribution in [3.63, 3.8) is 0 Å². The summed E-state index contributed by atoms with van der Waals surface area (Å²) in [5.41, 5.74) is 1.65. The second kappa shape index (κ2) is 7.52. The fourth-order valence-corrected chi connectivity index (χ4v) is 2.34. The number of nitrogens with one attached hydrogen (secondary N) is 1. The van der Waals surface area contributed by atoms with E-state index in [0.717, 1.165) is 11.1 Å². The second-order valence-corrected chi connectivity index (χ2v) is 5.38. The van der Waals surface area contributed by atoms with Gasteiger partial charge in [-0.05, 0) is 29.3 Å². The maximum Gasteiger partial charge on any atom is 0.223 e. The summed E-state index contributed by atoms with van der Waals surface area (Å²) in [7, 11) is 0. The molecule has 24 heavy (non-hydrogen) atoms. The van der Waals surface area contributed by atoms with E-state index in [4.69, 9.17) is 0 Å². The first-order chi connectivity index (χ1) is 11.7. The number of aromatic nitrogens is 3. The molecule has 122 valence electrons. The Balaban J connectivity index is 1.56. The van der Waals surface area contributed by atoms with Gasteiger partial charge >= 0.3 is 0 Å². The van der Waals surface area contributed by atoms with E-state index in [9.17, 15) is 9.90 Å². The van der Waals surface area contributed by atoms with Crippen LogP contribution in [-0.2, 0) is 11.3 Å². The molecule has 3 aromatic rings. The molecule has 0 aliphatic rings. The number of amides is 1. The lowest BCUT2D eigenvalue weighted by molar-refractivity contribution is -0.123. The zero-order chi connectivity index (χ0) is 16.8. The molecule has 0 fully saturated rings. The van der Waals surface area contributed by atoms with E-state index in [0.29, 0.717) is 12.4 Å². The van der Waals surface area contributed by atoms with Crippen LogP contribution in [0.5, 0.6) is 0 Å². The number of pyridine rings is 1. The van der Waals surface area contributed by atoms with Crippen LogP contribution in [0.1, 0.15) is 23.7 Å². The highest BCUT2D eigenvalue weighted by Gasteiger charge is 2.12. The van der Waals surface area contributed by atoms with E-state index in [1.807, 2.05) is 36.4 Å². The van der Waals surface area contributed by atoms with Crippen molar-refractivity contribution < 1.29 is 9.90 Å². The lowest BCUT2D eigenvalue weighted by Gasteiger charge is -2.11. The van der Waals surface area contributed by atoms with Gasteiger partial charge in [0.2, 0.25) is 5.91 Å². The molecule has 2 heterocycles. The van der Waals surface area contributed by atoms with Crippen LogP contribution in [0.15, 0.2) is 67.1 Å². The Morgan fingerprint density at radius 1 is 1.17 bits per heavy atom. The van der Waals surface area contributed by atoms with Crippen molar-refractivity contribution in [1.82, 2.24) is 20.1 Å². The molecule has 0 aliphatic heterocycles. The van der Waals surface area contributed by atoms with Gasteiger partial charge in [-0.3, -0.25) is 4.79 Å². The molecule has 0 saturated heterocycles. The minimum Gasteiger partial charge on any atom is -0.388 e. The average molecular weight is 322 g/mol. The Morgan fingerprint density at radius 2 is 2.00 bits per heavy atom. The van der Waals surface area contributed by atoms with Gasteiger partial charge in [0.15, 0.2) is 5.82 Å². The lowest BCUT2D eigenvalue weighted by Crippen LogP contribution is -2.24. The van der Waals surface area contributed by atoms with Crippen molar-refractivity contribution in [3.8, 4) is 5.82 Å². The molecule has 2 aromatic heterocycles. The van der Waals surface area contributed by atoms with Crippen LogP contribution in [0.25, 0.3) is 5.82 Å². The van der Waals surface area contributed by atoms with Gasteiger partial charge in [-0.25, -0.2) is 9.67 Å². The van der Waals surface area contributed by atoms with Crippen LogP contribution in [0.3, 0.4) is 0 Å². The average Bonchev–Trinajstić information content (AvgIpc) is 3.16. The van der Waals surface area contributed by atoms with E-state index in [2.05, 4.69) is 15.4 Å². The number of carbonyl (C=O) groups is 1. The van der Waals surface area contributed by atoms with E-state index in [-0.39, 0.29) is 12.3 Å². The number of carbonyl (C=O) groups excluding carboxylic acids is 1. The number of aliphatic hydroxyl groups is 1. The quantitative estimate of drug-likeness (QED) is 0.727. The molecule has 0 aliphatic carbocycles. The highest BCUT2D eigenvalue weighted by atomic mass is 16.3. The minimum absolute atomic E-state index is 0.0289. The molecule has 1 amide bonds. The summed E-state index contributed by atoms with van der Waals surface area (Å²) in [4.78, 5) is 16.3. The first kappa shape index (κ1) is 15.9. The number of hydrogen-bond acceptors (Lipinski definition) is 4. The van der Waals surface area contributed by atoms with Crippen LogP contribution in [0.2, 0.25) is 0 Å². The van der Waals surface area contributed by atoms with Gasteiger partial charge < -0.3 is 10.4 Å². The fourth-order valence-electron chi connectivity index (χ4n) is 2.34. The van der Waals surface area contributed by atoms with Gasteiger partial charge in [0.1, 0.15) is 0 Å². The van der Waals surface area contributed by atoms with E-state index >= 15 is 0 Å². The van der Waals surface area contributed by atoms with Crippen LogP contribution >= 0.6 is 0 Å². The van der Waals surface area contributed by atoms with Crippen molar-refractivity contribution in [2.24, 2.45) is 0 Å². The first-order valence-electron chi connectivity index (χ1n) is 7.67. The topological polar surface area (TPSA) is 80.0 Å². The highest BCUT2D eigenvalue weighted by molar-refractivity contribution is 5.76. The lowest BCUT2D eigenvalue weighted by atomic mass is 10.1. The Hall–Kier alpha value is -2.99. The van der Waals surface area contributed by atoms with Crippen molar-refractivity contribution in [2.75, 3.05) is 0 Å². The molecule has 0 saturated carbocycles. The van der Waals surface area contributed by atoms with E-state index in [1.165, 1.54) is 0 Å². The third-order valence-electron chi connectivity index (χ3n) is 3.60. The van der Waals surface area contributed by atoms with Gasteiger partial charge in [-0.15, -0.1) is 0 Å². The standard InChI is InChI=1S/C18H18N4O2/c23-16(15-5-2-1-3-6-15)12-18(24)20-13-14-7-9-19-17(11-14)22-10-4-8-21-22/h1-11,16,23H,12-13H2,(H,20,24). The second-order valence-electron chi connectivity index (χ2n) is 5.38. The molecule has 6 nitrogen and oxygen atoms in total. The van der Waals surface area contributed by atoms with Gasteiger partial charge in [0.25, 0.3) is 0 Å². The summed E-state index contributed by atoms with van der Waals surface area (Å²) in [5, 5.41) is 17.0. The van der Waals surface area contributed by atoms with Gasteiger partial charge in [0.05, 0.1) is 12.5 Å². The molecule has 2 N–H and O–H groups in total. The monoisotopic (exact) mass is 322 g/mol. The normalized spacial score (nSPS) is 11.9. The van der Waals surface area contributed by atoms with Crippen LogP contribution < -0.4 is 5.32 Å². The Kier molecular flexibility index (Phi) is 4.98. The Labute approximate surface area is 139 Å². The maximum absolute atomic E-state index is 12.0. The molecule has 6 heteroatoms. The molecule has 0 spiro atoms. The molecule has 1 aromatic carbocycles. The van der Waals surface area contributed by atoms with Crippen molar-refractivity contribution >= 4 is 5.91 Å². The van der Waals surface area contributed by atoms with Crippen molar-refractivity contribution in [2.45, 2.75) is 19.1 Å². The number of rotatable bonds is 6. The molecular weight excluding hydrogens is 304 g/mol. The summed E-state index contributed by atoms with van der Waals surface area (Å²) < 4.78 is 1.66. The van der Waals surface area contributed by atoms with Crippen molar-refractivity contribution in [3.05, 3.63) is 78.2 Å². The Bertz CT molecular complexity index is 788. The molecule has 1 unspecified atom stereocenters. The summed E-state index contributed by atoms with van der Waals surface area (Å²) in [6.07, 6.45) is 4.39. The molecule has 0 bridgehead atoms. The van der Waals surface area contributed by atoms with Crippen LogP contribution in [0, 0.1) is 0 Å². The molecule has 0 radical (unpaired) electrons. The summed E-state index contributed by atoms with van der Waals surface area (Å²) in [5.74, 6) is 0.486. The largest absolute Gasteiger partial charge is 0.388 e. The van der Waals surface area contributed by atoms with Gasteiger partial charge in [-0.2, -0.15) is 5.10 Å². The van der Waals surface area contributed by atoms with E-state index in [1.54, 1.807) is 35.4 Å². The number of nitrogens with zero attached hydrogens (tertiary/aromatic N) is 3. The molecular formula is C18H18N4O2. The smallest absolute Gasteiger partial charge is 0.223 e.